The van der Waals surface area contributed by atoms with Crippen LogP contribution in [0.15, 0.2) is 0 Å². The minimum absolute atomic E-state index is 0.283. The van der Waals surface area contributed by atoms with Gasteiger partial charge in [-0.2, -0.15) is 0 Å². The molecule has 0 rings (SSSR count). The third kappa shape index (κ3) is 7.78. The number of hydrogen-bond donors (Lipinski definition) is 1. The Bertz CT molecular complexity index is 134. The van der Waals surface area contributed by atoms with E-state index in [2.05, 4.69) is 6.92 Å². The number of ether oxygens (including phenoxy) is 1. The molecule has 0 saturated heterocycles. The SMILES string of the molecule is CCCCCC(=O)OC(O)CCC. The molecule has 0 heterocycles. The molecule has 0 aromatic heterocycles. The molecule has 0 aliphatic heterocycles. The van der Waals surface area contributed by atoms with E-state index < -0.39 is 6.29 Å². The zero-order chi connectivity index (χ0) is 10.1. The molecule has 0 fully saturated rings. The summed E-state index contributed by atoms with van der Waals surface area (Å²) >= 11 is 0. The van der Waals surface area contributed by atoms with E-state index in [-0.39, 0.29) is 5.97 Å². The summed E-state index contributed by atoms with van der Waals surface area (Å²) < 4.78 is 4.75. The standard InChI is InChI=1S/C10H20O3/c1-3-5-6-8-10(12)13-9(11)7-4-2/h9,11H,3-8H2,1-2H3. The maximum Gasteiger partial charge on any atom is 0.308 e. The van der Waals surface area contributed by atoms with Crippen molar-refractivity contribution in [2.75, 3.05) is 0 Å². The first-order valence-electron chi connectivity index (χ1n) is 5.08. The molecule has 0 radical (unpaired) electrons. The van der Waals surface area contributed by atoms with Crippen LogP contribution in [0.5, 0.6) is 0 Å². The number of carbonyl (C=O) groups excluding carboxylic acids is 1. The molecule has 0 aliphatic carbocycles. The van der Waals surface area contributed by atoms with Gasteiger partial charge in [0.2, 0.25) is 6.29 Å². The second-order valence-corrected chi connectivity index (χ2v) is 3.19. The van der Waals surface area contributed by atoms with Crippen molar-refractivity contribution in [2.24, 2.45) is 0 Å². The summed E-state index contributed by atoms with van der Waals surface area (Å²) in [7, 11) is 0. The summed E-state index contributed by atoms with van der Waals surface area (Å²) in [5, 5.41) is 9.13. The molecule has 1 N–H and O–H groups in total. The van der Waals surface area contributed by atoms with E-state index in [1.54, 1.807) is 0 Å². The van der Waals surface area contributed by atoms with Crippen molar-refractivity contribution in [3.05, 3.63) is 0 Å². The smallest absolute Gasteiger partial charge is 0.308 e. The highest BCUT2D eigenvalue weighted by Gasteiger charge is 2.08. The van der Waals surface area contributed by atoms with Crippen LogP contribution in [-0.4, -0.2) is 17.4 Å². The third-order valence-electron chi connectivity index (χ3n) is 1.79. The van der Waals surface area contributed by atoms with Crippen LogP contribution in [0.3, 0.4) is 0 Å². The average Bonchev–Trinajstić information content (AvgIpc) is 2.05. The van der Waals surface area contributed by atoms with Gasteiger partial charge in [0.1, 0.15) is 0 Å². The fourth-order valence-corrected chi connectivity index (χ4v) is 1.04. The van der Waals surface area contributed by atoms with E-state index in [9.17, 15) is 4.79 Å². The Morgan fingerprint density at radius 1 is 1.31 bits per heavy atom. The normalized spacial score (nSPS) is 12.5. The Morgan fingerprint density at radius 3 is 2.54 bits per heavy atom. The van der Waals surface area contributed by atoms with E-state index in [1.807, 2.05) is 6.92 Å². The fraction of sp³-hybridized carbons (Fsp3) is 0.900. The van der Waals surface area contributed by atoms with Crippen LogP contribution in [0.25, 0.3) is 0 Å². The molecule has 0 bridgehead atoms. The number of esters is 1. The van der Waals surface area contributed by atoms with E-state index in [1.165, 1.54) is 0 Å². The number of hydrogen-bond acceptors (Lipinski definition) is 3. The summed E-state index contributed by atoms with van der Waals surface area (Å²) in [6.45, 7) is 4.02. The van der Waals surface area contributed by atoms with E-state index in [4.69, 9.17) is 9.84 Å². The van der Waals surface area contributed by atoms with Crippen LogP contribution in [-0.2, 0) is 9.53 Å². The molecule has 3 nitrogen and oxygen atoms in total. The van der Waals surface area contributed by atoms with Crippen LogP contribution < -0.4 is 0 Å². The van der Waals surface area contributed by atoms with Gasteiger partial charge in [-0.15, -0.1) is 0 Å². The third-order valence-corrected chi connectivity index (χ3v) is 1.79. The largest absolute Gasteiger partial charge is 0.436 e. The second kappa shape index (κ2) is 8.05. The molecule has 0 aromatic carbocycles. The minimum atomic E-state index is -0.904. The Morgan fingerprint density at radius 2 is 2.00 bits per heavy atom. The van der Waals surface area contributed by atoms with E-state index >= 15 is 0 Å². The van der Waals surface area contributed by atoms with Gasteiger partial charge in [-0.3, -0.25) is 4.79 Å². The van der Waals surface area contributed by atoms with Crippen LogP contribution in [0.1, 0.15) is 52.4 Å². The van der Waals surface area contributed by atoms with Gasteiger partial charge in [-0.25, -0.2) is 0 Å². The molecule has 1 atom stereocenters. The zero-order valence-corrected chi connectivity index (χ0v) is 8.58. The van der Waals surface area contributed by atoms with Crippen LogP contribution in [0.2, 0.25) is 0 Å². The molecule has 0 spiro atoms. The van der Waals surface area contributed by atoms with E-state index in [0.29, 0.717) is 12.8 Å². The lowest BCUT2D eigenvalue weighted by Gasteiger charge is -2.10. The van der Waals surface area contributed by atoms with Crippen molar-refractivity contribution >= 4 is 5.97 Å². The van der Waals surface area contributed by atoms with Crippen LogP contribution in [0.4, 0.5) is 0 Å². The Balaban J connectivity index is 3.38. The molecule has 0 aromatic rings. The van der Waals surface area contributed by atoms with Crippen molar-refractivity contribution in [1.82, 2.24) is 0 Å². The van der Waals surface area contributed by atoms with Crippen molar-refractivity contribution in [3.63, 3.8) is 0 Å². The summed E-state index contributed by atoms with van der Waals surface area (Å²) in [5.41, 5.74) is 0. The van der Waals surface area contributed by atoms with Crippen molar-refractivity contribution in [1.29, 1.82) is 0 Å². The van der Waals surface area contributed by atoms with Crippen LogP contribution in [0, 0.1) is 0 Å². The molecule has 1 unspecified atom stereocenters. The molecule has 78 valence electrons. The Kier molecular flexibility index (Phi) is 7.69. The molecular weight excluding hydrogens is 168 g/mol. The first-order chi connectivity index (χ1) is 6.20. The van der Waals surface area contributed by atoms with Gasteiger partial charge in [0, 0.05) is 12.8 Å². The van der Waals surface area contributed by atoms with Gasteiger partial charge in [0.05, 0.1) is 0 Å². The lowest BCUT2D eigenvalue weighted by atomic mass is 10.2. The maximum absolute atomic E-state index is 11.0. The summed E-state index contributed by atoms with van der Waals surface area (Å²) in [6.07, 6.45) is 3.86. The number of aliphatic hydroxyl groups excluding tert-OH is 1. The summed E-state index contributed by atoms with van der Waals surface area (Å²) in [4.78, 5) is 11.0. The number of unbranched alkanes of at least 4 members (excludes halogenated alkanes) is 2. The summed E-state index contributed by atoms with van der Waals surface area (Å²) in [6, 6.07) is 0. The van der Waals surface area contributed by atoms with Crippen molar-refractivity contribution < 1.29 is 14.6 Å². The van der Waals surface area contributed by atoms with Gasteiger partial charge in [0.25, 0.3) is 0 Å². The zero-order valence-electron chi connectivity index (χ0n) is 8.58. The first kappa shape index (κ1) is 12.4. The quantitative estimate of drug-likeness (QED) is 0.378. The van der Waals surface area contributed by atoms with Crippen molar-refractivity contribution in [2.45, 2.75) is 58.7 Å². The second-order valence-electron chi connectivity index (χ2n) is 3.19. The Labute approximate surface area is 80.1 Å². The topological polar surface area (TPSA) is 46.5 Å². The lowest BCUT2D eigenvalue weighted by molar-refractivity contribution is -0.168. The van der Waals surface area contributed by atoms with E-state index in [0.717, 1.165) is 25.7 Å². The molecule has 3 heteroatoms. The number of rotatable bonds is 7. The number of carbonyl (C=O) groups is 1. The highest BCUT2D eigenvalue weighted by molar-refractivity contribution is 5.69. The molecule has 13 heavy (non-hydrogen) atoms. The molecule has 0 amide bonds. The Hall–Kier alpha value is -0.570. The van der Waals surface area contributed by atoms with Gasteiger partial charge in [0.15, 0.2) is 0 Å². The van der Waals surface area contributed by atoms with Crippen molar-refractivity contribution in [3.8, 4) is 0 Å². The molecule has 0 saturated carbocycles. The van der Waals surface area contributed by atoms with Gasteiger partial charge in [-0.1, -0.05) is 33.1 Å². The number of aliphatic hydroxyl groups is 1. The fourth-order valence-electron chi connectivity index (χ4n) is 1.04. The van der Waals surface area contributed by atoms with Gasteiger partial charge >= 0.3 is 5.97 Å². The van der Waals surface area contributed by atoms with Crippen LogP contribution >= 0.6 is 0 Å². The monoisotopic (exact) mass is 188 g/mol. The lowest BCUT2D eigenvalue weighted by Crippen LogP contribution is -2.16. The molecular formula is C10H20O3. The highest BCUT2D eigenvalue weighted by Crippen LogP contribution is 2.04. The average molecular weight is 188 g/mol. The molecule has 0 aliphatic rings. The van der Waals surface area contributed by atoms with Gasteiger partial charge in [-0.05, 0) is 6.42 Å². The first-order valence-corrected chi connectivity index (χ1v) is 5.08. The predicted molar refractivity (Wildman–Crippen MR) is 51.1 cm³/mol. The predicted octanol–water partition coefficient (Wildman–Crippen LogP) is 2.23. The summed E-state index contributed by atoms with van der Waals surface area (Å²) in [5.74, 6) is -0.283. The highest BCUT2D eigenvalue weighted by atomic mass is 16.6. The maximum atomic E-state index is 11.0. The van der Waals surface area contributed by atoms with Gasteiger partial charge < -0.3 is 9.84 Å². The minimum Gasteiger partial charge on any atom is -0.436 e.